The van der Waals surface area contributed by atoms with Crippen LogP contribution in [-0.2, 0) is 9.59 Å². The van der Waals surface area contributed by atoms with Crippen LogP contribution in [0.1, 0.15) is 22.8 Å². The zero-order chi connectivity index (χ0) is 13.7. The van der Waals surface area contributed by atoms with E-state index < -0.39 is 11.9 Å². The van der Waals surface area contributed by atoms with Crippen molar-refractivity contribution >= 4 is 23.5 Å². The van der Waals surface area contributed by atoms with Crippen LogP contribution in [0.3, 0.4) is 0 Å². The van der Waals surface area contributed by atoms with Crippen molar-refractivity contribution in [3.63, 3.8) is 0 Å². The van der Waals surface area contributed by atoms with Crippen molar-refractivity contribution in [3.05, 3.63) is 29.3 Å². The van der Waals surface area contributed by atoms with Gasteiger partial charge in [-0.2, -0.15) is 0 Å². The van der Waals surface area contributed by atoms with E-state index in [9.17, 15) is 14.4 Å². The number of benzene rings is 1. The molecule has 6 nitrogen and oxygen atoms in total. The predicted molar refractivity (Wildman–Crippen MR) is 65.5 cm³/mol. The molecule has 0 unspecified atom stereocenters. The molecular formula is C12H14N2O4. The largest absolute Gasteiger partial charge is 0.478 e. The van der Waals surface area contributed by atoms with Crippen LogP contribution in [-0.4, -0.2) is 29.4 Å². The van der Waals surface area contributed by atoms with Gasteiger partial charge in [0.05, 0.1) is 17.8 Å². The molecule has 0 aliphatic heterocycles. The van der Waals surface area contributed by atoms with Crippen LogP contribution in [0.5, 0.6) is 0 Å². The van der Waals surface area contributed by atoms with Crippen molar-refractivity contribution in [3.8, 4) is 0 Å². The van der Waals surface area contributed by atoms with Gasteiger partial charge in [0, 0.05) is 6.92 Å². The van der Waals surface area contributed by atoms with Gasteiger partial charge in [-0.15, -0.1) is 0 Å². The normalized spacial score (nSPS) is 9.67. The average molecular weight is 250 g/mol. The van der Waals surface area contributed by atoms with Crippen LogP contribution in [0, 0.1) is 6.92 Å². The third kappa shape index (κ3) is 3.58. The van der Waals surface area contributed by atoms with Crippen molar-refractivity contribution < 1.29 is 19.5 Å². The van der Waals surface area contributed by atoms with E-state index in [0.717, 1.165) is 0 Å². The lowest BCUT2D eigenvalue weighted by Gasteiger charge is -2.10. The van der Waals surface area contributed by atoms with Crippen LogP contribution in [0.2, 0.25) is 0 Å². The Balaban J connectivity index is 2.84. The number of amides is 2. The molecule has 0 aliphatic rings. The van der Waals surface area contributed by atoms with E-state index in [-0.39, 0.29) is 23.7 Å². The van der Waals surface area contributed by atoms with E-state index in [2.05, 4.69) is 10.6 Å². The molecule has 1 aromatic rings. The zero-order valence-electron chi connectivity index (χ0n) is 10.1. The van der Waals surface area contributed by atoms with Crippen LogP contribution in [0.15, 0.2) is 18.2 Å². The number of anilines is 1. The molecule has 1 aromatic carbocycles. The number of aromatic carboxylic acids is 1. The van der Waals surface area contributed by atoms with E-state index in [4.69, 9.17) is 5.11 Å². The summed E-state index contributed by atoms with van der Waals surface area (Å²) in [6, 6.07) is 4.80. The second-order valence-electron chi connectivity index (χ2n) is 3.76. The molecular weight excluding hydrogens is 236 g/mol. The Morgan fingerprint density at radius 1 is 1.28 bits per heavy atom. The van der Waals surface area contributed by atoms with E-state index in [0.29, 0.717) is 5.56 Å². The molecule has 0 spiro atoms. The number of hydrogen-bond acceptors (Lipinski definition) is 3. The van der Waals surface area contributed by atoms with Crippen LogP contribution < -0.4 is 10.6 Å². The van der Waals surface area contributed by atoms with Crippen LogP contribution in [0.4, 0.5) is 5.69 Å². The maximum Gasteiger partial charge on any atom is 0.338 e. The van der Waals surface area contributed by atoms with E-state index in [1.165, 1.54) is 13.0 Å². The number of rotatable bonds is 4. The molecule has 0 saturated carbocycles. The molecule has 3 N–H and O–H groups in total. The highest BCUT2D eigenvalue weighted by molar-refractivity contribution is 6.02. The van der Waals surface area contributed by atoms with Gasteiger partial charge >= 0.3 is 5.97 Å². The molecule has 6 heteroatoms. The molecule has 0 atom stereocenters. The fraction of sp³-hybridized carbons (Fsp3) is 0.250. The summed E-state index contributed by atoms with van der Waals surface area (Å²) in [5, 5.41) is 13.8. The first kappa shape index (κ1) is 13.7. The topological polar surface area (TPSA) is 95.5 Å². The second kappa shape index (κ2) is 5.81. The number of carbonyl (C=O) groups is 3. The highest BCUT2D eigenvalue weighted by Gasteiger charge is 2.14. The molecule has 0 aromatic heterocycles. The van der Waals surface area contributed by atoms with Crippen molar-refractivity contribution in [2.75, 3.05) is 11.9 Å². The molecule has 0 aliphatic carbocycles. The summed E-state index contributed by atoms with van der Waals surface area (Å²) >= 11 is 0. The van der Waals surface area contributed by atoms with Gasteiger partial charge in [-0.1, -0.05) is 12.1 Å². The van der Waals surface area contributed by atoms with E-state index in [1.807, 2.05) is 0 Å². The van der Waals surface area contributed by atoms with Crippen molar-refractivity contribution in [2.45, 2.75) is 13.8 Å². The van der Waals surface area contributed by atoms with Gasteiger partial charge in [-0.05, 0) is 18.6 Å². The molecule has 0 saturated heterocycles. The lowest BCUT2D eigenvalue weighted by Crippen LogP contribution is -2.31. The Bertz CT molecular complexity index is 497. The van der Waals surface area contributed by atoms with E-state index >= 15 is 0 Å². The maximum atomic E-state index is 11.5. The van der Waals surface area contributed by atoms with Crippen molar-refractivity contribution in [2.24, 2.45) is 0 Å². The smallest absolute Gasteiger partial charge is 0.338 e. The van der Waals surface area contributed by atoms with Gasteiger partial charge < -0.3 is 15.7 Å². The maximum absolute atomic E-state index is 11.5. The minimum atomic E-state index is -1.11. The minimum Gasteiger partial charge on any atom is -0.478 e. The number of carboxylic acid groups (broad SMARTS) is 1. The number of aryl methyl sites for hydroxylation is 1. The van der Waals surface area contributed by atoms with Gasteiger partial charge in [0.25, 0.3) is 0 Å². The number of nitrogens with one attached hydrogen (secondary N) is 2. The summed E-state index contributed by atoms with van der Waals surface area (Å²) in [4.78, 5) is 33.2. The fourth-order valence-corrected chi connectivity index (χ4v) is 1.45. The first-order valence-electron chi connectivity index (χ1n) is 5.29. The van der Waals surface area contributed by atoms with Gasteiger partial charge in [0.2, 0.25) is 11.8 Å². The standard InChI is InChI=1S/C12H14N2O4/c1-7-4-3-5-9(11(7)12(17)18)14-10(16)6-13-8(2)15/h3-5H,6H2,1-2H3,(H,13,15)(H,14,16)(H,17,18). The van der Waals surface area contributed by atoms with Gasteiger partial charge in [0.1, 0.15) is 0 Å². The first-order valence-corrected chi connectivity index (χ1v) is 5.29. The van der Waals surface area contributed by atoms with Crippen molar-refractivity contribution in [1.82, 2.24) is 5.32 Å². The quantitative estimate of drug-likeness (QED) is 0.735. The van der Waals surface area contributed by atoms with Gasteiger partial charge in [0.15, 0.2) is 0 Å². The van der Waals surface area contributed by atoms with Gasteiger partial charge in [-0.25, -0.2) is 4.79 Å². The molecule has 0 heterocycles. The third-order valence-corrected chi connectivity index (χ3v) is 2.26. The zero-order valence-corrected chi connectivity index (χ0v) is 10.1. The minimum absolute atomic E-state index is 0.0497. The lowest BCUT2D eigenvalue weighted by atomic mass is 10.1. The summed E-state index contributed by atoms with van der Waals surface area (Å²) in [6.07, 6.45) is 0. The Kier molecular flexibility index (Phi) is 4.42. The fourth-order valence-electron chi connectivity index (χ4n) is 1.45. The van der Waals surface area contributed by atoms with Crippen LogP contribution in [0.25, 0.3) is 0 Å². The average Bonchev–Trinajstić information content (AvgIpc) is 2.26. The number of carboxylic acids is 1. The number of carbonyl (C=O) groups excluding carboxylic acids is 2. The molecule has 0 bridgehead atoms. The predicted octanol–water partition coefficient (Wildman–Crippen LogP) is 0.768. The van der Waals surface area contributed by atoms with Gasteiger partial charge in [-0.3, -0.25) is 9.59 Å². The Hall–Kier alpha value is -2.37. The molecule has 18 heavy (non-hydrogen) atoms. The van der Waals surface area contributed by atoms with E-state index in [1.54, 1.807) is 19.1 Å². The molecule has 0 radical (unpaired) electrons. The second-order valence-corrected chi connectivity index (χ2v) is 3.76. The summed E-state index contributed by atoms with van der Waals surface area (Å²) in [6.45, 7) is 2.75. The highest BCUT2D eigenvalue weighted by atomic mass is 16.4. The van der Waals surface area contributed by atoms with Crippen molar-refractivity contribution in [1.29, 1.82) is 0 Å². The summed E-state index contributed by atoms with van der Waals surface area (Å²) in [5.41, 5.74) is 0.825. The Labute approximate surface area is 104 Å². The first-order chi connectivity index (χ1) is 8.41. The van der Waals surface area contributed by atoms with Crippen LogP contribution >= 0.6 is 0 Å². The molecule has 2 amide bonds. The molecule has 0 fully saturated rings. The highest BCUT2D eigenvalue weighted by Crippen LogP contribution is 2.19. The Morgan fingerprint density at radius 2 is 1.94 bits per heavy atom. The Morgan fingerprint density at radius 3 is 2.50 bits per heavy atom. The number of hydrogen-bond donors (Lipinski definition) is 3. The monoisotopic (exact) mass is 250 g/mol. The summed E-state index contributed by atoms with van der Waals surface area (Å²) in [7, 11) is 0. The lowest BCUT2D eigenvalue weighted by molar-refractivity contribution is -0.122. The summed E-state index contributed by atoms with van der Waals surface area (Å²) < 4.78 is 0. The SMILES string of the molecule is CC(=O)NCC(=O)Nc1cccc(C)c1C(=O)O. The summed E-state index contributed by atoms with van der Waals surface area (Å²) in [5.74, 6) is -1.91. The molecule has 1 rings (SSSR count). The molecule has 96 valence electrons. The third-order valence-electron chi connectivity index (χ3n) is 2.26.